The van der Waals surface area contributed by atoms with Gasteiger partial charge in [-0.05, 0) is 11.6 Å². The maximum absolute atomic E-state index is 4.65. The van der Waals surface area contributed by atoms with E-state index in [0.717, 1.165) is 17.5 Å². The van der Waals surface area contributed by atoms with E-state index >= 15 is 0 Å². The SMILES string of the molecule is CON=C1C=CC(CBr)=CC1. The topological polar surface area (TPSA) is 21.6 Å². The van der Waals surface area contributed by atoms with Crippen molar-refractivity contribution in [1.29, 1.82) is 0 Å². The van der Waals surface area contributed by atoms with Gasteiger partial charge in [0, 0.05) is 11.8 Å². The third-order valence-corrected chi connectivity index (χ3v) is 2.07. The van der Waals surface area contributed by atoms with E-state index in [1.165, 1.54) is 5.57 Å². The summed E-state index contributed by atoms with van der Waals surface area (Å²) < 4.78 is 0. The van der Waals surface area contributed by atoms with Gasteiger partial charge in [0.05, 0.1) is 5.71 Å². The number of hydrogen-bond donors (Lipinski definition) is 0. The molecular weight excluding hydrogens is 206 g/mol. The molecule has 0 N–H and O–H groups in total. The number of nitrogens with zero attached hydrogens (tertiary/aromatic N) is 1. The first-order valence-corrected chi connectivity index (χ1v) is 4.52. The van der Waals surface area contributed by atoms with Gasteiger partial charge in [0.25, 0.3) is 0 Å². The number of rotatable bonds is 2. The maximum Gasteiger partial charge on any atom is 0.106 e. The summed E-state index contributed by atoms with van der Waals surface area (Å²) in [5, 5.41) is 4.73. The molecule has 2 nitrogen and oxygen atoms in total. The molecule has 0 saturated carbocycles. The normalized spacial score (nSPS) is 20.2. The zero-order valence-electron chi connectivity index (χ0n) is 6.38. The number of oxime groups is 1. The summed E-state index contributed by atoms with van der Waals surface area (Å²) in [5.41, 5.74) is 2.26. The molecule has 0 aliphatic heterocycles. The Morgan fingerprint density at radius 3 is 2.91 bits per heavy atom. The van der Waals surface area contributed by atoms with Crippen LogP contribution in [0.1, 0.15) is 6.42 Å². The molecular formula is C8H10BrNO. The summed E-state index contributed by atoms with van der Waals surface area (Å²) in [7, 11) is 1.56. The highest BCUT2D eigenvalue weighted by molar-refractivity contribution is 9.09. The summed E-state index contributed by atoms with van der Waals surface area (Å²) in [6, 6.07) is 0. The van der Waals surface area contributed by atoms with Gasteiger partial charge < -0.3 is 4.84 Å². The van der Waals surface area contributed by atoms with E-state index in [1.54, 1.807) is 7.11 Å². The van der Waals surface area contributed by atoms with Crippen molar-refractivity contribution in [2.45, 2.75) is 6.42 Å². The Morgan fingerprint density at radius 1 is 1.64 bits per heavy atom. The Balaban J connectivity index is 2.57. The maximum atomic E-state index is 4.65. The van der Waals surface area contributed by atoms with Gasteiger partial charge in [-0.2, -0.15) is 0 Å². The van der Waals surface area contributed by atoms with Crippen LogP contribution in [0.5, 0.6) is 0 Å². The third kappa shape index (κ3) is 2.50. The highest BCUT2D eigenvalue weighted by Crippen LogP contribution is 2.10. The van der Waals surface area contributed by atoms with Crippen LogP contribution in [0.3, 0.4) is 0 Å². The first kappa shape index (κ1) is 8.53. The van der Waals surface area contributed by atoms with Crippen LogP contribution in [0.2, 0.25) is 0 Å². The van der Waals surface area contributed by atoms with Crippen LogP contribution in [0, 0.1) is 0 Å². The Hall–Kier alpha value is -0.570. The van der Waals surface area contributed by atoms with E-state index in [2.05, 4.69) is 32.0 Å². The molecule has 0 saturated heterocycles. The van der Waals surface area contributed by atoms with E-state index in [4.69, 9.17) is 0 Å². The van der Waals surface area contributed by atoms with Gasteiger partial charge in [-0.15, -0.1) is 0 Å². The van der Waals surface area contributed by atoms with Crippen LogP contribution in [0.25, 0.3) is 0 Å². The van der Waals surface area contributed by atoms with Gasteiger partial charge in [0.2, 0.25) is 0 Å². The quantitative estimate of drug-likeness (QED) is 0.512. The second-order valence-corrected chi connectivity index (χ2v) is 2.78. The van der Waals surface area contributed by atoms with E-state index in [9.17, 15) is 0 Å². The van der Waals surface area contributed by atoms with Gasteiger partial charge in [-0.1, -0.05) is 33.2 Å². The molecule has 0 radical (unpaired) electrons. The van der Waals surface area contributed by atoms with Crippen LogP contribution in [-0.4, -0.2) is 18.2 Å². The van der Waals surface area contributed by atoms with Crippen LogP contribution < -0.4 is 0 Å². The lowest BCUT2D eigenvalue weighted by Gasteiger charge is -2.04. The Bertz CT molecular complexity index is 218. The van der Waals surface area contributed by atoms with Gasteiger partial charge >= 0.3 is 0 Å². The van der Waals surface area contributed by atoms with Gasteiger partial charge in [0.1, 0.15) is 7.11 Å². The minimum Gasteiger partial charge on any atom is -0.399 e. The first-order valence-electron chi connectivity index (χ1n) is 3.40. The molecule has 0 unspecified atom stereocenters. The smallest absolute Gasteiger partial charge is 0.106 e. The van der Waals surface area contributed by atoms with Gasteiger partial charge in [0.15, 0.2) is 0 Å². The lowest BCUT2D eigenvalue weighted by molar-refractivity contribution is 0.213. The molecule has 0 aromatic carbocycles. The fraction of sp³-hybridized carbons (Fsp3) is 0.375. The number of hydrogen-bond acceptors (Lipinski definition) is 2. The molecule has 3 heteroatoms. The van der Waals surface area contributed by atoms with E-state index in [0.29, 0.717) is 0 Å². The van der Waals surface area contributed by atoms with E-state index in [1.807, 2.05) is 12.2 Å². The molecule has 1 rings (SSSR count). The van der Waals surface area contributed by atoms with Crippen molar-refractivity contribution in [1.82, 2.24) is 0 Å². The number of halogens is 1. The molecule has 1 aliphatic carbocycles. The van der Waals surface area contributed by atoms with Crippen molar-refractivity contribution in [3.8, 4) is 0 Å². The molecule has 0 aromatic rings. The third-order valence-electron chi connectivity index (χ3n) is 1.43. The molecule has 0 spiro atoms. The Labute approximate surface area is 74.7 Å². The van der Waals surface area contributed by atoms with Crippen LogP contribution >= 0.6 is 15.9 Å². The minimum atomic E-state index is 0.866. The highest BCUT2D eigenvalue weighted by atomic mass is 79.9. The second-order valence-electron chi connectivity index (χ2n) is 2.22. The molecule has 60 valence electrons. The van der Waals surface area contributed by atoms with Crippen molar-refractivity contribution in [2.24, 2.45) is 5.16 Å². The molecule has 0 atom stereocenters. The standard InChI is InChI=1S/C8H10BrNO/c1-11-10-8-4-2-7(6-9)3-5-8/h2-4H,5-6H2,1H3. The largest absolute Gasteiger partial charge is 0.399 e. The van der Waals surface area contributed by atoms with Crippen molar-refractivity contribution >= 4 is 21.6 Å². The van der Waals surface area contributed by atoms with Crippen LogP contribution in [-0.2, 0) is 4.84 Å². The number of alkyl halides is 1. The van der Waals surface area contributed by atoms with Gasteiger partial charge in [-0.25, -0.2) is 0 Å². The zero-order valence-corrected chi connectivity index (χ0v) is 7.97. The summed E-state index contributed by atoms with van der Waals surface area (Å²) in [4.78, 5) is 4.65. The predicted molar refractivity (Wildman–Crippen MR) is 50.1 cm³/mol. The van der Waals surface area contributed by atoms with Crippen LogP contribution in [0.4, 0.5) is 0 Å². The molecule has 11 heavy (non-hydrogen) atoms. The molecule has 0 fully saturated rings. The lowest BCUT2D eigenvalue weighted by atomic mass is 10.1. The Kier molecular flexibility index (Phi) is 3.36. The summed E-state index contributed by atoms with van der Waals surface area (Å²) >= 11 is 3.38. The van der Waals surface area contributed by atoms with Crippen molar-refractivity contribution in [3.05, 3.63) is 23.8 Å². The van der Waals surface area contributed by atoms with Gasteiger partial charge in [-0.3, -0.25) is 0 Å². The van der Waals surface area contributed by atoms with E-state index < -0.39 is 0 Å². The molecule has 0 aromatic heterocycles. The average molecular weight is 216 g/mol. The monoisotopic (exact) mass is 215 g/mol. The van der Waals surface area contributed by atoms with E-state index in [-0.39, 0.29) is 0 Å². The van der Waals surface area contributed by atoms with Crippen molar-refractivity contribution in [2.75, 3.05) is 12.4 Å². The minimum absolute atomic E-state index is 0.866. The second kappa shape index (κ2) is 4.34. The van der Waals surface area contributed by atoms with Crippen LogP contribution in [0.15, 0.2) is 29.0 Å². The fourth-order valence-corrected chi connectivity index (χ4v) is 1.27. The summed E-state index contributed by atoms with van der Waals surface area (Å²) in [6.45, 7) is 0. The number of allylic oxidation sites excluding steroid dienone is 4. The molecule has 0 amide bonds. The predicted octanol–water partition coefficient (Wildman–Crippen LogP) is 2.27. The zero-order chi connectivity index (χ0) is 8.10. The lowest BCUT2D eigenvalue weighted by Crippen LogP contribution is -1.98. The van der Waals surface area contributed by atoms with Crippen molar-refractivity contribution < 1.29 is 4.84 Å². The summed E-state index contributed by atoms with van der Waals surface area (Å²) in [5.74, 6) is 0. The first-order chi connectivity index (χ1) is 5.36. The summed E-state index contributed by atoms with van der Waals surface area (Å²) in [6.07, 6.45) is 7.01. The Morgan fingerprint density at radius 2 is 2.45 bits per heavy atom. The highest BCUT2D eigenvalue weighted by Gasteiger charge is 2.00. The molecule has 0 bridgehead atoms. The molecule has 0 heterocycles. The van der Waals surface area contributed by atoms with Crippen molar-refractivity contribution in [3.63, 3.8) is 0 Å². The average Bonchev–Trinajstić information content (AvgIpc) is 2.07. The molecule has 1 aliphatic rings. The fourth-order valence-electron chi connectivity index (χ4n) is 0.859.